The molecule has 1 fully saturated rings. The fourth-order valence-electron chi connectivity index (χ4n) is 2.90. The van der Waals surface area contributed by atoms with Gasteiger partial charge in [0, 0.05) is 51.2 Å². The van der Waals surface area contributed by atoms with Gasteiger partial charge < -0.3 is 19.1 Å². The number of benzene rings is 1. The Labute approximate surface area is 142 Å². The normalized spacial score (nSPS) is 15.0. The summed E-state index contributed by atoms with van der Waals surface area (Å²) in [6, 6.07) is 7.39. The van der Waals surface area contributed by atoms with Gasteiger partial charge >= 0.3 is 0 Å². The van der Waals surface area contributed by atoms with Crippen LogP contribution in [0.15, 0.2) is 36.7 Å². The van der Waals surface area contributed by atoms with Gasteiger partial charge in [-0.05, 0) is 38.1 Å². The lowest BCUT2D eigenvalue weighted by Gasteiger charge is -2.35. The number of carbonyl (C=O) groups is 1. The topological polar surface area (TPSA) is 50.6 Å². The molecule has 1 amide bonds. The number of amides is 1. The van der Waals surface area contributed by atoms with Crippen molar-refractivity contribution in [1.29, 1.82) is 0 Å². The van der Waals surface area contributed by atoms with Crippen LogP contribution < -0.4 is 9.64 Å². The Balaban J connectivity index is 1.60. The minimum atomic E-state index is 0.0746. The molecule has 0 unspecified atom stereocenters. The number of aromatic nitrogens is 2. The molecular formula is C18H24N4O2. The second-order valence-corrected chi connectivity index (χ2v) is 6.31. The molecule has 1 aromatic heterocycles. The van der Waals surface area contributed by atoms with Gasteiger partial charge in [0.1, 0.15) is 5.75 Å². The number of aryl methyl sites for hydroxylation is 1. The minimum Gasteiger partial charge on any atom is -0.491 e. The molecule has 6 heteroatoms. The molecule has 0 spiro atoms. The third kappa shape index (κ3) is 3.53. The zero-order chi connectivity index (χ0) is 17.1. The van der Waals surface area contributed by atoms with Crippen LogP contribution in [0.25, 0.3) is 0 Å². The van der Waals surface area contributed by atoms with Gasteiger partial charge in [-0.25, -0.2) is 4.98 Å². The molecule has 128 valence electrons. The Morgan fingerprint density at radius 1 is 1.12 bits per heavy atom. The summed E-state index contributed by atoms with van der Waals surface area (Å²) in [4.78, 5) is 21.1. The van der Waals surface area contributed by atoms with Crippen molar-refractivity contribution < 1.29 is 9.53 Å². The van der Waals surface area contributed by atoms with Gasteiger partial charge in [0.05, 0.1) is 6.10 Å². The first-order valence-corrected chi connectivity index (χ1v) is 8.33. The minimum absolute atomic E-state index is 0.0746. The largest absolute Gasteiger partial charge is 0.491 e. The van der Waals surface area contributed by atoms with E-state index in [1.807, 2.05) is 60.8 Å². The highest BCUT2D eigenvalue weighted by Crippen LogP contribution is 2.17. The maximum atomic E-state index is 12.6. The molecule has 2 heterocycles. The summed E-state index contributed by atoms with van der Waals surface area (Å²) in [6.07, 6.45) is 3.87. The molecule has 0 bridgehead atoms. The highest BCUT2D eigenvalue weighted by molar-refractivity contribution is 5.94. The van der Waals surface area contributed by atoms with Crippen LogP contribution in [0.3, 0.4) is 0 Å². The van der Waals surface area contributed by atoms with E-state index < -0.39 is 0 Å². The summed E-state index contributed by atoms with van der Waals surface area (Å²) >= 11 is 0. The van der Waals surface area contributed by atoms with Gasteiger partial charge in [0.2, 0.25) is 5.95 Å². The highest BCUT2D eigenvalue weighted by Gasteiger charge is 2.23. The summed E-state index contributed by atoms with van der Waals surface area (Å²) in [7, 11) is 1.99. The zero-order valence-corrected chi connectivity index (χ0v) is 14.5. The Bertz CT molecular complexity index is 685. The summed E-state index contributed by atoms with van der Waals surface area (Å²) in [5, 5.41) is 0. The molecular weight excluding hydrogens is 304 g/mol. The summed E-state index contributed by atoms with van der Waals surface area (Å²) < 4.78 is 7.63. The van der Waals surface area contributed by atoms with Crippen molar-refractivity contribution in [2.75, 3.05) is 31.1 Å². The Kier molecular flexibility index (Phi) is 4.74. The molecule has 0 radical (unpaired) electrons. The van der Waals surface area contributed by atoms with Crippen molar-refractivity contribution in [3.05, 3.63) is 42.2 Å². The molecule has 1 saturated heterocycles. The fourth-order valence-corrected chi connectivity index (χ4v) is 2.90. The maximum absolute atomic E-state index is 12.6. The first-order valence-electron chi connectivity index (χ1n) is 8.33. The highest BCUT2D eigenvalue weighted by atomic mass is 16.5. The van der Waals surface area contributed by atoms with Crippen LogP contribution in [0.1, 0.15) is 24.2 Å². The summed E-state index contributed by atoms with van der Waals surface area (Å²) in [5.41, 5.74) is 0.705. The Morgan fingerprint density at radius 2 is 1.79 bits per heavy atom. The molecule has 1 aliphatic heterocycles. The third-order valence-electron chi connectivity index (χ3n) is 4.12. The summed E-state index contributed by atoms with van der Waals surface area (Å²) in [6.45, 7) is 6.97. The monoisotopic (exact) mass is 328 g/mol. The fraction of sp³-hybridized carbons (Fsp3) is 0.444. The van der Waals surface area contributed by atoms with Gasteiger partial charge in [-0.2, -0.15) is 0 Å². The molecule has 2 aromatic rings. The molecule has 1 aliphatic rings. The van der Waals surface area contributed by atoms with E-state index in [1.54, 1.807) is 6.20 Å². The smallest absolute Gasteiger partial charge is 0.253 e. The molecule has 6 nitrogen and oxygen atoms in total. The van der Waals surface area contributed by atoms with Crippen molar-refractivity contribution >= 4 is 11.9 Å². The number of imidazole rings is 1. The van der Waals surface area contributed by atoms with Crippen LogP contribution in [-0.4, -0.2) is 52.6 Å². The van der Waals surface area contributed by atoms with Crippen LogP contribution in [0.4, 0.5) is 5.95 Å². The van der Waals surface area contributed by atoms with Gasteiger partial charge in [0.25, 0.3) is 5.91 Å². The second-order valence-electron chi connectivity index (χ2n) is 6.31. The van der Waals surface area contributed by atoms with Crippen molar-refractivity contribution in [1.82, 2.24) is 14.5 Å². The van der Waals surface area contributed by atoms with E-state index in [1.165, 1.54) is 0 Å². The number of hydrogen-bond donors (Lipinski definition) is 0. The average molecular weight is 328 g/mol. The number of piperazine rings is 1. The third-order valence-corrected chi connectivity index (χ3v) is 4.12. The maximum Gasteiger partial charge on any atom is 0.253 e. The molecule has 0 atom stereocenters. The van der Waals surface area contributed by atoms with E-state index in [9.17, 15) is 4.79 Å². The van der Waals surface area contributed by atoms with Gasteiger partial charge in [0.15, 0.2) is 0 Å². The lowest BCUT2D eigenvalue weighted by Crippen LogP contribution is -2.49. The van der Waals surface area contributed by atoms with E-state index in [0.717, 1.165) is 24.8 Å². The average Bonchev–Trinajstić information content (AvgIpc) is 3.00. The van der Waals surface area contributed by atoms with Crippen LogP contribution in [0.5, 0.6) is 5.75 Å². The van der Waals surface area contributed by atoms with Crippen molar-refractivity contribution in [3.63, 3.8) is 0 Å². The molecule has 1 aromatic carbocycles. The van der Waals surface area contributed by atoms with E-state index in [4.69, 9.17) is 4.74 Å². The number of rotatable bonds is 4. The van der Waals surface area contributed by atoms with E-state index in [-0.39, 0.29) is 12.0 Å². The Morgan fingerprint density at radius 3 is 2.33 bits per heavy atom. The lowest BCUT2D eigenvalue weighted by molar-refractivity contribution is 0.0746. The van der Waals surface area contributed by atoms with Crippen molar-refractivity contribution in [3.8, 4) is 5.75 Å². The van der Waals surface area contributed by atoms with Crippen molar-refractivity contribution in [2.24, 2.45) is 7.05 Å². The number of ether oxygens (including phenoxy) is 1. The van der Waals surface area contributed by atoms with Gasteiger partial charge in [-0.1, -0.05) is 0 Å². The molecule has 3 rings (SSSR count). The van der Waals surface area contributed by atoms with E-state index >= 15 is 0 Å². The van der Waals surface area contributed by atoms with Gasteiger partial charge in [-0.15, -0.1) is 0 Å². The first kappa shape index (κ1) is 16.4. The lowest BCUT2D eigenvalue weighted by atomic mass is 10.1. The number of nitrogens with zero attached hydrogens (tertiary/aromatic N) is 4. The van der Waals surface area contributed by atoms with Crippen LogP contribution >= 0.6 is 0 Å². The SMILES string of the molecule is CC(C)Oc1ccc(C(=O)N2CCN(c3nccn3C)CC2)cc1. The predicted molar refractivity (Wildman–Crippen MR) is 93.5 cm³/mol. The predicted octanol–water partition coefficient (Wildman–Crippen LogP) is 2.17. The molecule has 24 heavy (non-hydrogen) atoms. The van der Waals surface area contributed by atoms with Gasteiger partial charge in [-0.3, -0.25) is 4.79 Å². The molecule has 0 N–H and O–H groups in total. The van der Waals surface area contributed by atoms with Crippen LogP contribution in [-0.2, 0) is 7.05 Å². The standard InChI is InChI=1S/C18H24N4O2/c1-14(2)24-16-6-4-15(5-7-16)17(23)21-10-12-22(13-11-21)18-19-8-9-20(18)3/h4-9,14H,10-13H2,1-3H3. The molecule has 0 aliphatic carbocycles. The quantitative estimate of drug-likeness (QED) is 0.863. The number of carbonyl (C=O) groups excluding carboxylic acids is 1. The van der Waals surface area contributed by atoms with Crippen molar-refractivity contribution in [2.45, 2.75) is 20.0 Å². The summed E-state index contributed by atoms with van der Waals surface area (Å²) in [5.74, 6) is 1.82. The zero-order valence-electron chi connectivity index (χ0n) is 14.5. The second kappa shape index (κ2) is 6.95. The van der Waals surface area contributed by atoms with Crippen LogP contribution in [0.2, 0.25) is 0 Å². The van der Waals surface area contributed by atoms with E-state index in [0.29, 0.717) is 18.7 Å². The number of anilines is 1. The van der Waals surface area contributed by atoms with Crippen LogP contribution in [0, 0.1) is 0 Å². The Hall–Kier alpha value is -2.50. The van der Waals surface area contributed by atoms with E-state index in [2.05, 4.69) is 9.88 Å². The first-order chi connectivity index (χ1) is 11.5. The molecule has 0 saturated carbocycles. The number of hydrogen-bond acceptors (Lipinski definition) is 4.